The molecule has 1 aromatic carbocycles. The molecule has 2 aromatic rings. The molecule has 2 rings (SSSR count). The van der Waals surface area contributed by atoms with Crippen molar-refractivity contribution in [3.63, 3.8) is 0 Å². The zero-order valence-corrected chi connectivity index (χ0v) is 11.9. The van der Waals surface area contributed by atoms with Crippen LogP contribution in [-0.4, -0.2) is 16.0 Å². The summed E-state index contributed by atoms with van der Waals surface area (Å²) in [5, 5.41) is 12.8. The number of carbonyl (C=O) groups is 1. The van der Waals surface area contributed by atoms with Crippen LogP contribution in [0, 0.1) is 0 Å². The van der Waals surface area contributed by atoms with Crippen molar-refractivity contribution in [3.8, 4) is 5.75 Å². The number of aromatic hydroxyl groups is 1. The Morgan fingerprint density at radius 1 is 1.35 bits per heavy atom. The van der Waals surface area contributed by atoms with Crippen LogP contribution in [0.1, 0.15) is 12.0 Å². The zero-order chi connectivity index (χ0) is 14.5. The van der Waals surface area contributed by atoms with Gasteiger partial charge in [0.2, 0.25) is 5.91 Å². The molecule has 0 spiro atoms. The number of nitrogens with zero attached hydrogens (tertiary/aromatic N) is 1. The summed E-state index contributed by atoms with van der Waals surface area (Å²) in [7, 11) is 0. The Hall–Kier alpha value is -1.78. The first-order valence-electron chi connectivity index (χ1n) is 5.93. The first-order chi connectivity index (χ1) is 9.56. The first-order valence-corrected chi connectivity index (χ1v) is 6.68. The number of phenols is 1. The summed E-state index contributed by atoms with van der Waals surface area (Å²) in [5.74, 6) is -0.423. The van der Waals surface area contributed by atoms with Gasteiger partial charge in [0.25, 0.3) is 0 Å². The Labute approximate surface area is 126 Å². The molecule has 0 saturated carbocycles. The van der Waals surface area contributed by atoms with Crippen LogP contribution in [0.4, 0.5) is 5.69 Å². The van der Waals surface area contributed by atoms with Gasteiger partial charge in [0.05, 0.1) is 10.7 Å². The summed E-state index contributed by atoms with van der Waals surface area (Å²) < 4.78 is 0. The largest absolute Gasteiger partial charge is 0.504 e. The number of hydrogen-bond donors (Lipinski definition) is 2. The number of aromatic nitrogens is 1. The molecule has 0 saturated heterocycles. The fourth-order valence-corrected chi connectivity index (χ4v) is 2.17. The fourth-order valence-electron chi connectivity index (χ4n) is 1.68. The third-order valence-electron chi connectivity index (χ3n) is 2.67. The standard InChI is InChI=1S/C14H12Cl2N2O2/c15-10-6-11(16)14(20)12(7-10)18-13(19)4-3-9-2-1-5-17-8-9/h1-2,5-8,20H,3-4H2,(H,18,19). The molecule has 0 aliphatic carbocycles. The summed E-state index contributed by atoms with van der Waals surface area (Å²) in [5.41, 5.74) is 1.18. The molecular weight excluding hydrogens is 299 g/mol. The average Bonchev–Trinajstić information content (AvgIpc) is 2.43. The van der Waals surface area contributed by atoms with Gasteiger partial charge in [-0.1, -0.05) is 29.3 Å². The van der Waals surface area contributed by atoms with E-state index in [1.165, 1.54) is 12.1 Å². The van der Waals surface area contributed by atoms with Gasteiger partial charge in [-0.05, 0) is 30.2 Å². The van der Waals surface area contributed by atoms with Crippen molar-refractivity contribution in [3.05, 3.63) is 52.3 Å². The van der Waals surface area contributed by atoms with Crippen LogP contribution in [0.5, 0.6) is 5.75 Å². The van der Waals surface area contributed by atoms with Crippen molar-refractivity contribution >= 4 is 34.8 Å². The van der Waals surface area contributed by atoms with Gasteiger partial charge in [0, 0.05) is 23.8 Å². The maximum atomic E-state index is 11.8. The van der Waals surface area contributed by atoms with Crippen LogP contribution in [0.25, 0.3) is 0 Å². The van der Waals surface area contributed by atoms with Gasteiger partial charge >= 0.3 is 0 Å². The van der Waals surface area contributed by atoms with Crippen LogP contribution in [0.3, 0.4) is 0 Å². The zero-order valence-electron chi connectivity index (χ0n) is 10.4. The van der Waals surface area contributed by atoms with Crippen molar-refractivity contribution in [2.75, 3.05) is 5.32 Å². The van der Waals surface area contributed by atoms with Gasteiger partial charge in [-0.2, -0.15) is 0 Å². The Morgan fingerprint density at radius 2 is 2.15 bits per heavy atom. The van der Waals surface area contributed by atoms with Gasteiger partial charge in [0.1, 0.15) is 0 Å². The Morgan fingerprint density at radius 3 is 2.85 bits per heavy atom. The lowest BCUT2D eigenvalue weighted by Gasteiger charge is -2.09. The van der Waals surface area contributed by atoms with E-state index in [2.05, 4.69) is 10.3 Å². The minimum absolute atomic E-state index is 0.0973. The van der Waals surface area contributed by atoms with Gasteiger partial charge in [-0.3, -0.25) is 9.78 Å². The van der Waals surface area contributed by atoms with Crippen molar-refractivity contribution in [1.82, 2.24) is 4.98 Å². The lowest BCUT2D eigenvalue weighted by molar-refractivity contribution is -0.116. The molecule has 0 unspecified atom stereocenters. The molecule has 104 valence electrons. The Balaban J connectivity index is 1.98. The molecule has 0 aliphatic heterocycles. The van der Waals surface area contributed by atoms with Crippen LogP contribution in [-0.2, 0) is 11.2 Å². The normalized spacial score (nSPS) is 10.3. The quantitative estimate of drug-likeness (QED) is 0.847. The molecule has 0 radical (unpaired) electrons. The van der Waals surface area contributed by atoms with Crippen LogP contribution < -0.4 is 5.32 Å². The van der Waals surface area contributed by atoms with E-state index in [1.807, 2.05) is 12.1 Å². The van der Waals surface area contributed by atoms with Crippen molar-refractivity contribution in [1.29, 1.82) is 0 Å². The fraction of sp³-hybridized carbons (Fsp3) is 0.143. The van der Waals surface area contributed by atoms with Crippen LogP contribution in [0.15, 0.2) is 36.7 Å². The summed E-state index contributed by atoms with van der Waals surface area (Å²) in [6.45, 7) is 0. The van der Waals surface area contributed by atoms with Gasteiger partial charge in [-0.25, -0.2) is 0 Å². The smallest absolute Gasteiger partial charge is 0.224 e. The predicted octanol–water partition coefficient (Wildman–Crippen LogP) is 3.67. The van der Waals surface area contributed by atoms with Crippen molar-refractivity contribution in [2.45, 2.75) is 12.8 Å². The van der Waals surface area contributed by atoms with Crippen molar-refractivity contribution < 1.29 is 9.90 Å². The third kappa shape index (κ3) is 3.85. The van der Waals surface area contributed by atoms with E-state index in [0.717, 1.165) is 5.56 Å². The highest BCUT2D eigenvalue weighted by Crippen LogP contribution is 2.35. The SMILES string of the molecule is O=C(CCc1cccnc1)Nc1cc(Cl)cc(Cl)c1O. The molecule has 6 heteroatoms. The Kier molecular flexibility index (Phi) is 4.82. The van der Waals surface area contributed by atoms with E-state index in [4.69, 9.17) is 23.2 Å². The second kappa shape index (κ2) is 6.59. The third-order valence-corrected chi connectivity index (χ3v) is 3.17. The second-order valence-corrected chi connectivity index (χ2v) is 5.04. The number of nitrogens with one attached hydrogen (secondary N) is 1. The molecule has 0 bridgehead atoms. The van der Waals surface area contributed by atoms with E-state index in [9.17, 15) is 9.90 Å². The highest BCUT2D eigenvalue weighted by molar-refractivity contribution is 6.36. The lowest BCUT2D eigenvalue weighted by Crippen LogP contribution is -2.12. The Bertz CT molecular complexity index is 618. The summed E-state index contributed by atoms with van der Waals surface area (Å²) in [6, 6.07) is 6.57. The minimum Gasteiger partial charge on any atom is -0.504 e. The van der Waals surface area contributed by atoms with Crippen molar-refractivity contribution in [2.24, 2.45) is 0 Å². The molecule has 20 heavy (non-hydrogen) atoms. The molecule has 0 atom stereocenters. The second-order valence-electron chi connectivity index (χ2n) is 4.19. The molecule has 4 nitrogen and oxygen atoms in total. The highest BCUT2D eigenvalue weighted by atomic mass is 35.5. The van der Waals surface area contributed by atoms with E-state index < -0.39 is 0 Å². The molecular formula is C14H12Cl2N2O2. The lowest BCUT2D eigenvalue weighted by atomic mass is 10.1. The maximum Gasteiger partial charge on any atom is 0.224 e. The van der Waals surface area contributed by atoms with Gasteiger partial charge in [-0.15, -0.1) is 0 Å². The van der Waals surface area contributed by atoms with E-state index >= 15 is 0 Å². The first kappa shape index (κ1) is 14.6. The van der Waals surface area contributed by atoms with Gasteiger partial charge in [0.15, 0.2) is 5.75 Å². The molecule has 0 aliphatic rings. The number of phenolic OH excluding ortho intramolecular Hbond substituents is 1. The molecule has 1 amide bonds. The number of anilines is 1. The van der Waals surface area contributed by atoms with Crippen LogP contribution >= 0.6 is 23.2 Å². The number of aryl methyl sites for hydroxylation is 1. The van der Waals surface area contributed by atoms with E-state index in [-0.39, 0.29) is 28.8 Å². The highest BCUT2D eigenvalue weighted by Gasteiger charge is 2.11. The maximum absolute atomic E-state index is 11.8. The number of amides is 1. The average molecular weight is 311 g/mol. The summed E-state index contributed by atoms with van der Waals surface area (Å²) in [4.78, 5) is 15.8. The summed E-state index contributed by atoms with van der Waals surface area (Å²) in [6.07, 6.45) is 4.22. The monoisotopic (exact) mass is 310 g/mol. The molecule has 0 fully saturated rings. The minimum atomic E-state index is -0.234. The number of rotatable bonds is 4. The summed E-state index contributed by atoms with van der Waals surface area (Å²) >= 11 is 11.6. The number of pyridine rings is 1. The molecule has 2 N–H and O–H groups in total. The van der Waals surface area contributed by atoms with E-state index in [1.54, 1.807) is 12.4 Å². The van der Waals surface area contributed by atoms with Crippen LogP contribution in [0.2, 0.25) is 10.0 Å². The molecule has 1 aromatic heterocycles. The topological polar surface area (TPSA) is 62.2 Å². The van der Waals surface area contributed by atoms with E-state index in [0.29, 0.717) is 11.4 Å². The molecule has 1 heterocycles. The number of benzene rings is 1. The number of hydrogen-bond acceptors (Lipinski definition) is 3. The van der Waals surface area contributed by atoms with Gasteiger partial charge < -0.3 is 10.4 Å². The number of halogens is 2. The number of carbonyl (C=O) groups excluding carboxylic acids is 1. The predicted molar refractivity (Wildman–Crippen MR) is 79.3 cm³/mol.